The molecule has 0 saturated carbocycles. The largest absolute Gasteiger partial charge is 0.356 e. The number of amides is 1. The highest BCUT2D eigenvalue weighted by Crippen LogP contribution is 2.26. The van der Waals surface area contributed by atoms with Gasteiger partial charge in [0.25, 0.3) is 5.91 Å². The lowest BCUT2D eigenvalue weighted by Gasteiger charge is -2.29. The number of hydrogen-bond donors (Lipinski definition) is 1. The standard InChI is InChI=1S/C17H25N7O/c1-22-9-5-12(6-10-22)19-17(25)14-20-15-13(11-18-23(15)2)16(21-14)24-7-3-4-8-24/h11-12H,3-10H2,1-2H3,(H,19,25). The maximum absolute atomic E-state index is 12.7. The van der Waals surface area contributed by atoms with E-state index in [9.17, 15) is 4.79 Å². The normalized spacial score (nSPS) is 19.7. The molecule has 2 aliphatic rings. The van der Waals surface area contributed by atoms with Gasteiger partial charge in [-0.1, -0.05) is 0 Å². The highest BCUT2D eigenvalue weighted by molar-refractivity contribution is 5.95. The first-order valence-electron chi connectivity index (χ1n) is 9.06. The van der Waals surface area contributed by atoms with Crippen molar-refractivity contribution in [2.24, 2.45) is 7.05 Å². The topological polar surface area (TPSA) is 79.2 Å². The van der Waals surface area contributed by atoms with Crippen LogP contribution in [0.2, 0.25) is 0 Å². The first-order valence-corrected chi connectivity index (χ1v) is 9.06. The van der Waals surface area contributed by atoms with Crippen LogP contribution in [0.4, 0.5) is 5.82 Å². The molecule has 25 heavy (non-hydrogen) atoms. The number of rotatable bonds is 3. The number of fused-ring (bicyclic) bond motifs is 1. The van der Waals surface area contributed by atoms with Crippen molar-refractivity contribution in [2.75, 3.05) is 38.1 Å². The number of anilines is 1. The zero-order chi connectivity index (χ0) is 17.4. The molecular weight excluding hydrogens is 318 g/mol. The van der Waals surface area contributed by atoms with Crippen molar-refractivity contribution in [1.29, 1.82) is 0 Å². The quantitative estimate of drug-likeness (QED) is 0.888. The average Bonchev–Trinajstić information content (AvgIpc) is 3.27. The average molecular weight is 343 g/mol. The summed E-state index contributed by atoms with van der Waals surface area (Å²) in [6.07, 6.45) is 6.04. The van der Waals surface area contributed by atoms with Crippen LogP contribution in [0.1, 0.15) is 36.3 Å². The van der Waals surface area contributed by atoms with Crippen molar-refractivity contribution in [3.05, 3.63) is 12.0 Å². The Bertz CT molecular complexity index is 773. The number of carbonyl (C=O) groups is 1. The van der Waals surface area contributed by atoms with Gasteiger partial charge in [0.15, 0.2) is 5.65 Å². The van der Waals surface area contributed by atoms with Crippen LogP contribution < -0.4 is 10.2 Å². The Morgan fingerprint density at radius 3 is 2.56 bits per heavy atom. The summed E-state index contributed by atoms with van der Waals surface area (Å²) in [4.78, 5) is 26.4. The van der Waals surface area contributed by atoms with E-state index in [1.165, 1.54) is 0 Å². The van der Waals surface area contributed by atoms with E-state index in [0.717, 1.165) is 63.1 Å². The predicted molar refractivity (Wildman–Crippen MR) is 95.7 cm³/mol. The van der Waals surface area contributed by atoms with Gasteiger partial charge in [0, 0.05) is 26.2 Å². The zero-order valence-electron chi connectivity index (χ0n) is 14.9. The van der Waals surface area contributed by atoms with E-state index in [0.29, 0.717) is 5.65 Å². The van der Waals surface area contributed by atoms with Crippen LogP contribution >= 0.6 is 0 Å². The summed E-state index contributed by atoms with van der Waals surface area (Å²) in [5.41, 5.74) is 0.713. The Balaban J connectivity index is 1.62. The van der Waals surface area contributed by atoms with E-state index in [1.54, 1.807) is 10.9 Å². The summed E-state index contributed by atoms with van der Waals surface area (Å²) in [6.45, 7) is 3.95. The molecule has 0 unspecified atom stereocenters. The molecule has 8 nitrogen and oxygen atoms in total. The SMILES string of the molecule is CN1CCC(NC(=O)c2nc(N3CCCC3)c3cnn(C)c3n2)CC1. The molecule has 134 valence electrons. The van der Waals surface area contributed by atoms with Crippen molar-refractivity contribution in [3.63, 3.8) is 0 Å². The van der Waals surface area contributed by atoms with Gasteiger partial charge >= 0.3 is 0 Å². The fourth-order valence-corrected chi connectivity index (χ4v) is 3.68. The molecule has 4 heterocycles. The molecule has 0 atom stereocenters. The van der Waals surface area contributed by atoms with Crippen molar-refractivity contribution in [3.8, 4) is 0 Å². The monoisotopic (exact) mass is 343 g/mol. The number of nitrogens with one attached hydrogen (secondary N) is 1. The molecule has 2 aliphatic heterocycles. The number of carbonyl (C=O) groups excluding carboxylic acids is 1. The van der Waals surface area contributed by atoms with Crippen molar-refractivity contribution >= 4 is 22.8 Å². The molecule has 0 bridgehead atoms. The zero-order valence-corrected chi connectivity index (χ0v) is 14.9. The first-order chi connectivity index (χ1) is 12.1. The summed E-state index contributed by atoms with van der Waals surface area (Å²) in [7, 11) is 3.96. The highest BCUT2D eigenvalue weighted by atomic mass is 16.2. The number of likely N-dealkylation sites (tertiary alicyclic amines) is 1. The summed E-state index contributed by atoms with van der Waals surface area (Å²) in [6, 6.07) is 0.199. The van der Waals surface area contributed by atoms with Gasteiger partial charge in [-0.05, 0) is 45.8 Å². The van der Waals surface area contributed by atoms with Crippen LogP contribution in [0.5, 0.6) is 0 Å². The number of piperidine rings is 1. The van der Waals surface area contributed by atoms with Gasteiger partial charge in [-0.3, -0.25) is 9.48 Å². The molecule has 2 fully saturated rings. The molecular formula is C17H25N7O. The molecule has 1 N–H and O–H groups in total. The number of aromatic nitrogens is 4. The van der Waals surface area contributed by atoms with Crippen LogP contribution in [0.3, 0.4) is 0 Å². The van der Waals surface area contributed by atoms with Crippen LogP contribution in [-0.2, 0) is 7.05 Å². The number of nitrogens with zero attached hydrogens (tertiary/aromatic N) is 6. The third-order valence-corrected chi connectivity index (χ3v) is 5.23. The van der Waals surface area contributed by atoms with Crippen molar-refractivity contribution < 1.29 is 4.79 Å². The maximum atomic E-state index is 12.7. The van der Waals surface area contributed by atoms with E-state index in [1.807, 2.05) is 7.05 Å². The Kier molecular flexibility index (Phi) is 4.29. The Morgan fingerprint density at radius 2 is 1.84 bits per heavy atom. The first kappa shape index (κ1) is 16.3. The van der Waals surface area contributed by atoms with Gasteiger partial charge in [0.05, 0.1) is 11.6 Å². The minimum absolute atomic E-state index is 0.182. The summed E-state index contributed by atoms with van der Waals surface area (Å²) < 4.78 is 1.71. The van der Waals surface area contributed by atoms with E-state index in [-0.39, 0.29) is 17.8 Å². The van der Waals surface area contributed by atoms with Crippen LogP contribution in [-0.4, -0.2) is 69.8 Å². The second kappa shape index (κ2) is 6.59. The smallest absolute Gasteiger partial charge is 0.289 e. The Labute approximate surface area is 147 Å². The van der Waals surface area contributed by atoms with Gasteiger partial charge in [0.2, 0.25) is 5.82 Å². The fourth-order valence-electron chi connectivity index (χ4n) is 3.68. The fraction of sp³-hybridized carbons (Fsp3) is 0.647. The second-order valence-corrected chi connectivity index (χ2v) is 7.12. The number of hydrogen-bond acceptors (Lipinski definition) is 6. The summed E-state index contributed by atoms with van der Waals surface area (Å²) in [5.74, 6) is 0.902. The van der Waals surface area contributed by atoms with Gasteiger partial charge in [-0.2, -0.15) is 5.10 Å². The highest BCUT2D eigenvalue weighted by Gasteiger charge is 2.24. The van der Waals surface area contributed by atoms with Crippen LogP contribution in [0.15, 0.2) is 6.20 Å². The minimum atomic E-state index is -0.182. The molecule has 2 saturated heterocycles. The van der Waals surface area contributed by atoms with Crippen molar-refractivity contribution in [1.82, 2.24) is 30.0 Å². The minimum Gasteiger partial charge on any atom is -0.356 e. The lowest BCUT2D eigenvalue weighted by atomic mass is 10.1. The molecule has 8 heteroatoms. The summed E-state index contributed by atoms with van der Waals surface area (Å²) in [5, 5.41) is 8.33. The third-order valence-electron chi connectivity index (χ3n) is 5.23. The molecule has 4 rings (SSSR count). The van der Waals surface area contributed by atoms with E-state index in [2.05, 4.69) is 37.2 Å². The van der Waals surface area contributed by atoms with Gasteiger partial charge in [-0.15, -0.1) is 0 Å². The molecule has 2 aromatic rings. The predicted octanol–water partition coefficient (Wildman–Crippen LogP) is 0.788. The molecule has 2 aromatic heterocycles. The number of aryl methyl sites for hydroxylation is 1. The van der Waals surface area contributed by atoms with Gasteiger partial charge in [0.1, 0.15) is 5.82 Å². The molecule has 0 spiro atoms. The van der Waals surface area contributed by atoms with E-state index < -0.39 is 0 Å². The Morgan fingerprint density at radius 1 is 1.12 bits per heavy atom. The van der Waals surface area contributed by atoms with Crippen LogP contribution in [0, 0.1) is 0 Å². The van der Waals surface area contributed by atoms with Gasteiger partial charge < -0.3 is 15.1 Å². The summed E-state index contributed by atoms with van der Waals surface area (Å²) >= 11 is 0. The van der Waals surface area contributed by atoms with Crippen LogP contribution in [0.25, 0.3) is 11.0 Å². The lowest BCUT2D eigenvalue weighted by molar-refractivity contribution is 0.0906. The Hall–Kier alpha value is -2.22. The van der Waals surface area contributed by atoms with E-state index in [4.69, 9.17) is 0 Å². The van der Waals surface area contributed by atoms with E-state index >= 15 is 0 Å². The molecule has 1 amide bonds. The second-order valence-electron chi connectivity index (χ2n) is 7.12. The molecule has 0 aliphatic carbocycles. The van der Waals surface area contributed by atoms with Gasteiger partial charge in [-0.25, -0.2) is 9.97 Å². The third kappa shape index (κ3) is 3.18. The molecule has 0 radical (unpaired) electrons. The lowest BCUT2D eigenvalue weighted by Crippen LogP contribution is -2.43. The van der Waals surface area contributed by atoms with Crippen molar-refractivity contribution in [2.45, 2.75) is 31.7 Å². The maximum Gasteiger partial charge on any atom is 0.289 e. The molecule has 0 aromatic carbocycles.